The molecule has 2 heterocycles. The smallest absolute Gasteiger partial charge is 0.279 e. The normalized spacial score (nSPS) is 11.0. The number of carbonyl (C=O) groups excluding carboxylic acids is 1. The SMILES string of the molecule is Cc1onc(C(=O)Nc2cc(C)n(Cc3c(Cl)cccc3Cl)n2)c1COc1ccc(F)cc1F. The van der Waals surface area contributed by atoms with E-state index in [9.17, 15) is 13.6 Å². The van der Waals surface area contributed by atoms with E-state index in [1.165, 1.54) is 0 Å². The zero-order valence-electron chi connectivity index (χ0n) is 18.0. The number of aromatic nitrogens is 3. The third kappa shape index (κ3) is 5.05. The van der Waals surface area contributed by atoms with Gasteiger partial charge in [0.05, 0.1) is 12.1 Å². The molecular weight excluding hydrogens is 489 g/mol. The Morgan fingerprint density at radius 1 is 1.12 bits per heavy atom. The third-order valence-corrected chi connectivity index (χ3v) is 5.77. The summed E-state index contributed by atoms with van der Waals surface area (Å²) in [6, 6.07) is 9.84. The minimum Gasteiger partial charge on any atom is -0.486 e. The van der Waals surface area contributed by atoms with Gasteiger partial charge in [-0.1, -0.05) is 34.4 Å². The van der Waals surface area contributed by atoms with Crippen LogP contribution in [0, 0.1) is 25.5 Å². The highest BCUT2D eigenvalue weighted by atomic mass is 35.5. The summed E-state index contributed by atoms with van der Waals surface area (Å²) in [6.07, 6.45) is 0. The summed E-state index contributed by atoms with van der Waals surface area (Å²) in [6.45, 7) is 3.52. The van der Waals surface area contributed by atoms with Gasteiger partial charge < -0.3 is 14.6 Å². The molecule has 0 fully saturated rings. The Hall–Kier alpha value is -3.43. The summed E-state index contributed by atoms with van der Waals surface area (Å²) < 4.78 is 39.1. The van der Waals surface area contributed by atoms with Gasteiger partial charge in [0, 0.05) is 33.4 Å². The van der Waals surface area contributed by atoms with Gasteiger partial charge in [-0.2, -0.15) is 5.10 Å². The number of carbonyl (C=O) groups is 1. The van der Waals surface area contributed by atoms with Crippen LogP contribution in [0.15, 0.2) is 47.0 Å². The summed E-state index contributed by atoms with van der Waals surface area (Å²) in [7, 11) is 0. The van der Waals surface area contributed by atoms with Gasteiger partial charge in [0.15, 0.2) is 23.1 Å². The Morgan fingerprint density at radius 3 is 2.56 bits per heavy atom. The fourth-order valence-corrected chi connectivity index (χ4v) is 3.74. The molecule has 0 unspecified atom stereocenters. The van der Waals surface area contributed by atoms with Gasteiger partial charge in [-0.3, -0.25) is 9.48 Å². The van der Waals surface area contributed by atoms with Crippen LogP contribution >= 0.6 is 23.2 Å². The summed E-state index contributed by atoms with van der Waals surface area (Å²) in [5, 5.41) is 11.9. The van der Waals surface area contributed by atoms with Crippen molar-refractivity contribution in [3.8, 4) is 5.75 Å². The number of anilines is 1. The maximum atomic E-state index is 13.9. The van der Waals surface area contributed by atoms with Crippen molar-refractivity contribution in [1.82, 2.24) is 14.9 Å². The number of aryl methyl sites for hydroxylation is 2. The molecule has 176 valence electrons. The molecule has 0 spiro atoms. The molecular formula is C23H18Cl2F2N4O3. The number of amides is 1. The highest BCUT2D eigenvalue weighted by molar-refractivity contribution is 6.35. The minimum absolute atomic E-state index is 0.0404. The molecule has 11 heteroatoms. The molecule has 1 amide bonds. The number of nitrogens with zero attached hydrogens (tertiary/aromatic N) is 3. The van der Waals surface area contributed by atoms with E-state index in [1.807, 2.05) is 6.92 Å². The molecule has 1 N–H and O–H groups in total. The van der Waals surface area contributed by atoms with Crippen LogP contribution in [0.5, 0.6) is 5.75 Å². The van der Waals surface area contributed by atoms with Crippen LogP contribution in [-0.2, 0) is 13.2 Å². The lowest BCUT2D eigenvalue weighted by Crippen LogP contribution is -2.16. The van der Waals surface area contributed by atoms with Gasteiger partial charge in [0.25, 0.3) is 5.91 Å². The van der Waals surface area contributed by atoms with Crippen LogP contribution in [0.1, 0.15) is 33.1 Å². The van der Waals surface area contributed by atoms with Crippen molar-refractivity contribution >= 4 is 34.9 Å². The molecule has 4 aromatic rings. The molecule has 0 atom stereocenters. The predicted octanol–water partition coefficient (Wildman–Crippen LogP) is 5.95. The second kappa shape index (κ2) is 9.82. The van der Waals surface area contributed by atoms with E-state index in [2.05, 4.69) is 15.6 Å². The van der Waals surface area contributed by atoms with Crippen molar-refractivity contribution in [1.29, 1.82) is 0 Å². The van der Waals surface area contributed by atoms with E-state index in [0.717, 1.165) is 17.8 Å². The van der Waals surface area contributed by atoms with Crippen LogP contribution in [0.2, 0.25) is 10.0 Å². The Labute approximate surface area is 203 Å². The number of nitrogens with one attached hydrogen (secondary N) is 1. The fourth-order valence-electron chi connectivity index (χ4n) is 3.22. The summed E-state index contributed by atoms with van der Waals surface area (Å²) in [5.74, 6) is -1.74. The van der Waals surface area contributed by atoms with Gasteiger partial charge in [0.1, 0.15) is 18.2 Å². The number of hydrogen-bond acceptors (Lipinski definition) is 5. The second-order valence-corrected chi connectivity index (χ2v) is 8.23. The van der Waals surface area contributed by atoms with Gasteiger partial charge in [-0.05, 0) is 38.1 Å². The van der Waals surface area contributed by atoms with E-state index < -0.39 is 17.5 Å². The highest BCUT2D eigenvalue weighted by Crippen LogP contribution is 2.26. The highest BCUT2D eigenvalue weighted by Gasteiger charge is 2.22. The van der Waals surface area contributed by atoms with Crippen molar-refractivity contribution in [3.05, 3.63) is 92.4 Å². The molecule has 7 nitrogen and oxygen atoms in total. The van der Waals surface area contributed by atoms with Crippen molar-refractivity contribution in [3.63, 3.8) is 0 Å². The molecule has 0 aliphatic heterocycles. The van der Waals surface area contributed by atoms with Gasteiger partial charge in [-0.25, -0.2) is 8.78 Å². The lowest BCUT2D eigenvalue weighted by Gasteiger charge is -2.09. The summed E-state index contributed by atoms with van der Waals surface area (Å²) >= 11 is 12.5. The van der Waals surface area contributed by atoms with Crippen molar-refractivity contribution in [2.45, 2.75) is 27.0 Å². The lowest BCUT2D eigenvalue weighted by atomic mass is 10.2. The molecule has 0 saturated carbocycles. The van der Waals surface area contributed by atoms with Crippen molar-refractivity contribution in [2.75, 3.05) is 5.32 Å². The summed E-state index contributed by atoms with van der Waals surface area (Å²) in [5.41, 5.74) is 1.74. The molecule has 0 bridgehead atoms. The Balaban J connectivity index is 1.49. The zero-order chi connectivity index (χ0) is 24.4. The van der Waals surface area contributed by atoms with E-state index in [-0.39, 0.29) is 23.9 Å². The topological polar surface area (TPSA) is 82.2 Å². The molecule has 0 radical (unpaired) electrons. The molecule has 0 aliphatic carbocycles. The number of ether oxygens (including phenoxy) is 1. The molecule has 4 rings (SSSR count). The first-order valence-electron chi connectivity index (χ1n) is 10.0. The second-order valence-electron chi connectivity index (χ2n) is 7.41. The zero-order valence-corrected chi connectivity index (χ0v) is 19.5. The van der Waals surface area contributed by atoms with E-state index in [0.29, 0.717) is 39.5 Å². The number of benzene rings is 2. The standard InChI is InChI=1S/C23H18Cl2F2N4O3/c1-12-8-21(29-31(12)10-15-17(24)4-3-5-18(15)25)28-23(32)22-16(13(2)34-30-22)11-33-20-7-6-14(26)9-19(20)27/h3-9H,10-11H2,1-2H3,(H,28,29,32). The first kappa shape index (κ1) is 23.7. The molecule has 34 heavy (non-hydrogen) atoms. The first-order chi connectivity index (χ1) is 16.2. The maximum absolute atomic E-state index is 13.9. The van der Waals surface area contributed by atoms with Crippen LogP contribution in [0.25, 0.3) is 0 Å². The molecule has 0 saturated heterocycles. The molecule has 2 aromatic carbocycles. The third-order valence-electron chi connectivity index (χ3n) is 5.06. The average Bonchev–Trinajstić information content (AvgIpc) is 3.31. The molecule has 0 aliphatic rings. The largest absolute Gasteiger partial charge is 0.486 e. The Bertz CT molecular complexity index is 1350. The summed E-state index contributed by atoms with van der Waals surface area (Å²) in [4.78, 5) is 12.9. The number of hydrogen-bond donors (Lipinski definition) is 1. The quantitative estimate of drug-likeness (QED) is 0.334. The van der Waals surface area contributed by atoms with Gasteiger partial charge in [0.2, 0.25) is 0 Å². The van der Waals surface area contributed by atoms with E-state index in [4.69, 9.17) is 32.5 Å². The monoisotopic (exact) mass is 506 g/mol. The Kier molecular flexibility index (Phi) is 6.85. The fraction of sp³-hybridized carbons (Fsp3) is 0.174. The maximum Gasteiger partial charge on any atom is 0.279 e. The van der Waals surface area contributed by atoms with E-state index in [1.54, 1.807) is 35.9 Å². The van der Waals surface area contributed by atoms with Gasteiger partial charge in [-0.15, -0.1) is 0 Å². The predicted molar refractivity (Wildman–Crippen MR) is 122 cm³/mol. The Morgan fingerprint density at radius 2 is 1.85 bits per heavy atom. The van der Waals surface area contributed by atoms with Crippen LogP contribution in [-0.4, -0.2) is 20.8 Å². The first-order valence-corrected chi connectivity index (χ1v) is 10.8. The number of rotatable bonds is 7. The average molecular weight is 507 g/mol. The van der Waals surface area contributed by atoms with Crippen LogP contribution in [0.4, 0.5) is 14.6 Å². The van der Waals surface area contributed by atoms with Crippen LogP contribution in [0.3, 0.4) is 0 Å². The van der Waals surface area contributed by atoms with Crippen molar-refractivity contribution in [2.24, 2.45) is 0 Å². The lowest BCUT2D eigenvalue weighted by molar-refractivity contribution is 0.101. The van der Waals surface area contributed by atoms with Crippen molar-refractivity contribution < 1.29 is 22.8 Å². The van der Waals surface area contributed by atoms with Crippen LogP contribution < -0.4 is 10.1 Å². The van der Waals surface area contributed by atoms with Gasteiger partial charge >= 0.3 is 0 Å². The van der Waals surface area contributed by atoms with E-state index >= 15 is 0 Å². The number of halogens is 4. The molecule has 2 aromatic heterocycles. The minimum atomic E-state index is -0.861.